The van der Waals surface area contributed by atoms with E-state index in [9.17, 15) is 14.4 Å². The van der Waals surface area contributed by atoms with Crippen LogP contribution in [0.25, 0.3) is 0 Å². The lowest BCUT2D eigenvalue weighted by molar-refractivity contribution is -0.159. The molecule has 6 nitrogen and oxygen atoms in total. The average Bonchev–Trinajstić information content (AvgIpc) is 2.31. The molecular weight excluding hydrogens is 250 g/mol. The number of amides is 1. The molecule has 108 valence electrons. The maximum atomic E-state index is 11.7. The lowest BCUT2D eigenvalue weighted by atomic mass is 9.83. The van der Waals surface area contributed by atoms with Crippen LogP contribution in [-0.4, -0.2) is 37.1 Å². The summed E-state index contributed by atoms with van der Waals surface area (Å²) in [6.45, 7) is 3.56. The zero-order valence-electron chi connectivity index (χ0n) is 11.4. The van der Waals surface area contributed by atoms with Crippen LogP contribution >= 0.6 is 0 Å². The first-order valence-corrected chi connectivity index (χ1v) is 6.71. The van der Waals surface area contributed by atoms with Crippen molar-refractivity contribution in [3.8, 4) is 0 Å². The second kappa shape index (κ2) is 7.76. The minimum absolute atomic E-state index is 0.146. The number of ether oxygens (including phenoxy) is 2. The van der Waals surface area contributed by atoms with Crippen molar-refractivity contribution in [1.29, 1.82) is 0 Å². The second-order valence-electron chi connectivity index (χ2n) is 4.51. The van der Waals surface area contributed by atoms with Gasteiger partial charge in [-0.05, 0) is 32.6 Å². The van der Waals surface area contributed by atoms with Gasteiger partial charge in [0, 0.05) is 6.42 Å². The molecule has 6 heteroatoms. The van der Waals surface area contributed by atoms with Gasteiger partial charge in [0.1, 0.15) is 0 Å². The largest absolute Gasteiger partial charge is 0.464 e. The van der Waals surface area contributed by atoms with E-state index >= 15 is 0 Å². The van der Waals surface area contributed by atoms with Crippen LogP contribution < -0.4 is 5.32 Å². The summed E-state index contributed by atoms with van der Waals surface area (Å²) in [5.41, 5.74) is 0. The standard InChI is InChI=1S/C13H21NO5/c1-3-18-12(16)11(13(17)19-4-2)14-10(15)8-9-6-5-7-9/h9,11H,3-8H2,1-2H3,(H,14,15). The van der Waals surface area contributed by atoms with Gasteiger partial charge in [0.15, 0.2) is 0 Å². The molecule has 0 aromatic heterocycles. The summed E-state index contributed by atoms with van der Waals surface area (Å²) in [5, 5.41) is 2.40. The normalized spacial score (nSPS) is 14.7. The fraction of sp³-hybridized carbons (Fsp3) is 0.769. The van der Waals surface area contributed by atoms with Crippen LogP contribution in [0.5, 0.6) is 0 Å². The van der Waals surface area contributed by atoms with Crippen molar-refractivity contribution in [1.82, 2.24) is 5.32 Å². The molecule has 0 saturated heterocycles. The summed E-state index contributed by atoms with van der Waals surface area (Å²) in [4.78, 5) is 35.0. The van der Waals surface area contributed by atoms with E-state index in [1.54, 1.807) is 13.8 Å². The highest BCUT2D eigenvalue weighted by Crippen LogP contribution is 2.29. The van der Waals surface area contributed by atoms with Crippen LogP contribution in [0.3, 0.4) is 0 Å². The number of hydrogen-bond acceptors (Lipinski definition) is 5. The molecule has 1 N–H and O–H groups in total. The molecule has 1 rings (SSSR count). The Morgan fingerprint density at radius 3 is 2.00 bits per heavy atom. The highest BCUT2D eigenvalue weighted by Gasteiger charge is 2.32. The topological polar surface area (TPSA) is 81.7 Å². The quantitative estimate of drug-likeness (QED) is 0.547. The summed E-state index contributed by atoms with van der Waals surface area (Å²) in [5.74, 6) is -1.49. The summed E-state index contributed by atoms with van der Waals surface area (Å²) < 4.78 is 9.53. The zero-order valence-corrected chi connectivity index (χ0v) is 11.4. The Balaban J connectivity index is 2.53. The number of carbonyl (C=O) groups excluding carboxylic acids is 3. The summed E-state index contributed by atoms with van der Waals surface area (Å²) in [6.07, 6.45) is 3.53. The van der Waals surface area contributed by atoms with E-state index < -0.39 is 18.0 Å². The van der Waals surface area contributed by atoms with E-state index in [-0.39, 0.29) is 19.1 Å². The lowest BCUT2D eigenvalue weighted by Gasteiger charge is -2.25. The molecule has 1 fully saturated rings. The van der Waals surface area contributed by atoms with Gasteiger partial charge in [0.2, 0.25) is 11.9 Å². The third-order valence-corrected chi connectivity index (χ3v) is 3.05. The van der Waals surface area contributed by atoms with Crippen molar-refractivity contribution in [2.75, 3.05) is 13.2 Å². The van der Waals surface area contributed by atoms with Crippen LogP contribution in [0, 0.1) is 5.92 Å². The molecule has 0 aromatic rings. The maximum absolute atomic E-state index is 11.7. The van der Waals surface area contributed by atoms with Crippen LogP contribution in [0.2, 0.25) is 0 Å². The molecule has 0 bridgehead atoms. The highest BCUT2D eigenvalue weighted by atomic mass is 16.6. The van der Waals surface area contributed by atoms with E-state index in [1.165, 1.54) is 0 Å². The lowest BCUT2D eigenvalue weighted by Crippen LogP contribution is -2.48. The van der Waals surface area contributed by atoms with Crippen molar-refractivity contribution in [3.63, 3.8) is 0 Å². The molecule has 0 aliphatic heterocycles. The first-order chi connectivity index (χ1) is 9.08. The Hall–Kier alpha value is -1.59. The third kappa shape index (κ3) is 4.89. The Bertz CT molecular complexity index is 320. The maximum Gasteiger partial charge on any atom is 0.340 e. The van der Waals surface area contributed by atoms with Crippen LogP contribution in [0.15, 0.2) is 0 Å². The molecule has 0 radical (unpaired) electrons. The molecule has 0 atom stereocenters. The Kier molecular flexibility index (Phi) is 6.32. The third-order valence-electron chi connectivity index (χ3n) is 3.05. The van der Waals surface area contributed by atoms with E-state index in [0.717, 1.165) is 19.3 Å². The Morgan fingerprint density at radius 1 is 1.11 bits per heavy atom. The van der Waals surface area contributed by atoms with Gasteiger partial charge < -0.3 is 14.8 Å². The van der Waals surface area contributed by atoms with Crippen LogP contribution in [0.4, 0.5) is 0 Å². The fourth-order valence-corrected chi connectivity index (χ4v) is 1.84. The van der Waals surface area contributed by atoms with E-state index in [1.807, 2.05) is 0 Å². The molecule has 19 heavy (non-hydrogen) atoms. The number of rotatable bonds is 7. The van der Waals surface area contributed by atoms with Gasteiger partial charge in [0.25, 0.3) is 0 Å². The molecule has 0 aromatic carbocycles. The van der Waals surface area contributed by atoms with E-state index in [2.05, 4.69) is 5.32 Å². The second-order valence-corrected chi connectivity index (χ2v) is 4.51. The monoisotopic (exact) mass is 271 g/mol. The van der Waals surface area contributed by atoms with E-state index in [4.69, 9.17) is 9.47 Å². The molecule has 1 saturated carbocycles. The molecular formula is C13H21NO5. The predicted molar refractivity (Wildman–Crippen MR) is 67.2 cm³/mol. The highest BCUT2D eigenvalue weighted by molar-refractivity contribution is 6.02. The number of nitrogens with one attached hydrogen (secondary N) is 1. The average molecular weight is 271 g/mol. The molecule has 1 aliphatic rings. The van der Waals surface area contributed by atoms with Gasteiger partial charge in [-0.3, -0.25) is 4.79 Å². The van der Waals surface area contributed by atoms with Crippen molar-refractivity contribution >= 4 is 17.8 Å². The smallest absolute Gasteiger partial charge is 0.340 e. The Labute approximate surface area is 112 Å². The van der Waals surface area contributed by atoms with Crippen molar-refractivity contribution in [2.24, 2.45) is 5.92 Å². The first kappa shape index (κ1) is 15.5. The number of esters is 2. The summed E-state index contributed by atoms with van der Waals surface area (Å²) in [6, 6.07) is -1.35. The Morgan fingerprint density at radius 2 is 1.63 bits per heavy atom. The number of hydrogen-bond donors (Lipinski definition) is 1. The fourth-order valence-electron chi connectivity index (χ4n) is 1.84. The molecule has 0 spiro atoms. The minimum atomic E-state index is -1.35. The van der Waals surface area contributed by atoms with Crippen molar-refractivity contribution in [2.45, 2.75) is 45.6 Å². The van der Waals surface area contributed by atoms with Crippen molar-refractivity contribution < 1.29 is 23.9 Å². The molecule has 1 aliphatic carbocycles. The summed E-state index contributed by atoms with van der Waals surface area (Å²) >= 11 is 0. The molecule has 1 amide bonds. The summed E-state index contributed by atoms with van der Waals surface area (Å²) in [7, 11) is 0. The predicted octanol–water partition coefficient (Wildman–Crippen LogP) is 0.788. The van der Waals surface area contributed by atoms with Crippen LogP contribution in [0.1, 0.15) is 39.5 Å². The van der Waals surface area contributed by atoms with Gasteiger partial charge in [-0.25, -0.2) is 9.59 Å². The van der Waals surface area contributed by atoms with Gasteiger partial charge in [0.05, 0.1) is 13.2 Å². The zero-order chi connectivity index (χ0) is 14.3. The molecule has 0 heterocycles. The van der Waals surface area contributed by atoms with Gasteiger partial charge in [-0.2, -0.15) is 0 Å². The number of carbonyl (C=O) groups is 3. The van der Waals surface area contributed by atoms with Crippen molar-refractivity contribution in [3.05, 3.63) is 0 Å². The van der Waals surface area contributed by atoms with Gasteiger partial charge in [-0.15, -0.1) is 0 Å². The van der Waals surface area contributed by atoms with E-state index in [0.29, 0.717) is 12.3 Å². The minimum Gasteiger partial charge on any atom is -0.464 e. The van der Waals surface area contributed by atoms with Gasteiger partial charge in [-0.1, -0.05) is 6.42 Å². The van der Waals surface area contributed by atoms with Gasteiger partial charge >= 0.3 is 11.9 Å². The molecule has 0 unspecified atom stereocenters. The van der Waals surface area contributed by atoms with Crippen LogP contribution in [-0.2, 0) is 23.9 Å². The SMILES string of the molecule is CCOC(=O)C(NC(=O)CC1CCC1)C(=O)OCC. The first-order valence-electron chi connectivity index (χ1n) is 6.71.